The Balaban J connectivity index is 1.53. The molecule has 4 rings (SSSR count). The standard InChI is InChI=1S/C20H13ClF2N4/c21-15-10-8-13(9-11-15)12-4-6-14(7-5-12)19-24-26-20(27-25-19)18-16(22)2-1-3-17(18)23/h1-11H,(H,24,25)(H,26,27). The molecule has 1 aliphatic rings. The predicted octanol–water partition coefficient (Wildman–Crippen LogP) is 4.50. The minimum Gasteiger partial charge on any atom is -0.257 e. The monoisotopic (exact) mass is 382 g/mol. The Morgan fingerprint density at radius 2 is 1.11 bits per heavy atom. The maximum atomic E-state index is 13.8. The highest BCUT2D eigenvalue weighted by Crippen LogP contribution is 2.22. The summed E-state index contributed by atoms with van der Waals surface area (Å²) in [7, 11) is 0. The van der Waals surface area contributed by atoms with Crippen molar-refractivity contribution in [2.45, 2.75) is 0 Å². The van der Waals surface area contributed by atoms with Gasteiger partial charge in [0.15, 0.2) is 11.7 Å². The van der Waals surface area contributed by atoms with Crippen LogP contribution in [0.15, 0.2) is 76.9 Å². The van der Waals surface area contributed by atoms with Gasteiger partial charge in [0.1, 0.15) is 11.6 Å². The molecule has 0 fully saturated rings. The number of halogens is 3. The normalized spacial score (nSPS) is 13.3. The molecule has 0 unspecified atom stereocenters. The van der Waals surface area contributed by atoms with Crippen molar-refractivity contribution in [3.8, 4) is 11.1 Å². The summed E-state index contributed by atoms with van der Waals surface area (Å²) in [5.41, 5.74) is 7.91. The van der Waals surface area contributed by atoms with E-state index in [0.717, 1.165) is 28.8 Å². The molecule has 0 aromatic heterocycles. The fourth-order valence-corrected chi connectivity index (χ4v) is 2.82. The van der Waals surface area contributed by atoms with Crippen molar-refractivity contribution in [1.29, 1.82) is 0 Å². The molecule has 1 heterocycles. The van der Waals surface area contributed by atoms with E-state index in [1.54, 1.807) is 0 Å². The first-order chi connectivity index (χ1) is 13.1. The molecule has 1 aliphatic heterocycles. The van der Waals surface area contributed by atoms with E-state index in [1.807, 2.05) is 48.5 Å². The molecule has 0 amide bonds. The Labute approximate surface area is 159 Å². The first kappa shape index (κ1) is 17.2. The Bertz CT molecular complexity index is 1020. The average molecular weight is 383 g/mol. The number of hydrogen-bond donors (Lipinski definition) is 2. The summed E-state index contributed by atoms with van der Waals surface area (Å²) in [6, 6.07) is 18.8. The average Bonchev–Trinajstić information content (AvgIpc) is 2.69. The van der Waals surface area contributed by atoms with E-state index in [-0.39, 0.29) is 11.4 Å². The fourth-order valence-electron chi connectivity index (χ4n) is 2.70. The largest absolute Gasteiger partial charge is 0.257 e. The lowest BCUT2D eigenvalue weighted by Crippen LogP contribution is -2.35. The molecule has 134 valence electrons. The van der Waals surface area contributed by atoms with Gasteiger partial charge in [-0.2, -0.15) is 10.2 Å². The van der Waals surface area contributed by atoms with Gasteiger partial charge in [0, 0.05) is 10.6 Å². The van der Waals surface area contributed by atoms with Crippen molar-refractivity contribution in [2.75, 3.05) is 0 Å². The van der Waals surface area contributed by atoms with Gasteiger partial charge in [-0.3, -0.25) is 10.9 Å². The molecule has 0 aliphatic carbocycles. The highest BCUT2D eigenvalue weighted by molar-refractivity contribution is 6.30. The SMILES string of the molecule is Fc1cccc(F)c1C1=NNC(c2ccc(-c3ccc(Cl)cc3)cc2)=NN1. The van der Waals surface area contributed by atoms with Crippen molar-refractivity contribution in [2.24, 2.45) is 10.2 Å². The summed E-state index contributed by atoms with van der Waals surface area (Å²) in [6.07, 6.45) is 0. The van der Waals surface area contributed by atoms with E-state index in [9.17, 15) is 8.78 Å². The highest BCUT2D eigenvalue weighted by Gasteiger charge is 2.18. The van der Waals surface area contributed by atoms with Crippen molar-refractivity contribution < 1.29 is 8.78 Å². The number of rotatable bonds is 3. The van der Waals surface area contributed by atoms with Crippen molar-refractivity contribution in [1.82, 2.24) is 10.9 Å². The number of amidine groups is 2. The van der Waals surface area contributed by atoms with Gasteiger partial charge in [0.2, 0.25) is 0 Å². The number of nitrogens with one attached hydrogen (secondary N) is 2. The summed E-state index contributed by atoms with van der Waals surface area (Å²) in [5.74, 6) is -1.01. The van der Waals surface area contributed by atoms with Crippen LogP contribution in [0, 0.1) is 11.6 Å². The van der Waals surface area contributed by atoms with Crippen LogP contribution in [0.5, 0.6) is 0 Å². The van der Waals surface area contributed by atoms with Gasteiger partial charge in [-0.1, -0.05) is 54.1 Å². The first-order valence-electron chi connectivity index (χ1n) is 8.10. The van der Waals surface area contributed by atoms with Crippen LogP contribution >= 0.6 is 11.6 Å². The van der Waals surface area contributed by atoms with E-state index in [4.69, 9.17) is 11.6 Å². The quantitative estimate of drug-likeness (QED) is 0.700. The van der Waals surface area contributed by atoms with E-state index >= 15 is 0 Å². The second-order valence-corrected chi connectivity index (χ2v) is 6.26. The smallest absolute Gasteiger partial charge is 0.179 e. The third-order valence-electron chi connectivity index (χ3n) is 4.08. The second kappa shape index (κ2) is 7.17. The molecule has 3 aromatic rings. The summed E-state index contributed by atoms with van der Waals surface area (Å²) in [5, 5.41) is 8.81. The summed E-state index contributed by atoms with van der Waals surface area (Å²) in [6.45, 7) is 0. The third-order valence-corrected chi connectivity index (χ3v) is 4.33. The topological polar surface area (TPSA) is 48.8 Å². The Morgan fingerprint density at radius 3 is 1.67 bits per heavy atom. The number of benzene rings is 3. The zero-order chi connectivity index (χ0) is 18.8. The third kappa shape index (κ3) is 3.52. The molecule has 27 heavy (non-hydrogen) atoms. The van der Waals surface area contributed by atoms with Crippen LogP contribution in [0.4, 0.5) is 8.78 Å². The lowest BCUT2D eigenvalue weighted by atomic mass is 10.0. The van der Waals surface area contributed by atoms with Gasteiger partial charge >= 0.3 is 0 Å². The molecule has 0 bridgehead atoms. The van der Waals surface area contributed by atoms with Crippen molar-refractivity contribution in [3.05, 3.63) is 94.5 Å². The van der Waals surface area contributed by atoms with Gasteiger partial charge in [-0.15, -0.1) is 0 Å². The molecule has 0 spiro atoms. The zero-order valence-corrected chi connectivity index (χ0v) is 14.6. The maximum absolute atomic E-state index is 13.8. The number of hydrogen-bond acceptors (Lipinski definition) is 4. The van der Waals surface area contributed by atoms with Gasteiger partial charge in [0.05, 0.1) is 5.56 Å². The molecule has 3 aromatic carbocycles. The molecular weight excluding hydrogens is 370 g/mol. The molecular formula is C20H13ClF2N4. The highest BCUT2D eigenvalue weighted by atomic mass is 35.5. The van der Waals surface area contributed by atoms with Crippen LogP contribution in [-0.2, 0) is 0 Å². The summed E-state index contributed by atoms with van der Waals surface area (Å²) >= 11 is 5.91. The van der Waals surface area contributed by atoms with Crippen LogP contribution in [-0.4, -0.2) is 11.7 Å². The van der Waals surface area contributed by atoms with Gasteiger partial charge in [-0.05, 0) is 35.4 Å². The Morgan fingerprint density at radius 1 is 0.630 bits per heavy atom. The van der Waals surface area contributed by atoms with E-state index in [1.165, 1.54) is 6.07 Å². The van der Waals surface area contributed by atoms with E-state index in [2.05, 4.69) is 21.1 Å². The minimum absolute atomic E-state index is 0.0212. The van der Waals surface area contributed by atoms with Gasteiger partial charge < -0.3 is 0 Å². The number of nitrogens with zero attached hydrogens (tertiary/aromatic N) is 2. The van der Waals surface area contributed by atoms with Crippen molar-refractivity contribution >= 4 is 23.3 Å². The molecule has 0 saturated heterocycles. The van der Waals surface area contributed by atoms with Gasteiger partial charge in [0.25, 0.3) is 0 Å². The Hall–Kier alpha value is -3.25. The predicted molar refractivity (Wildman–Crippen MR) is 103 cm³/mol. The maximum Gasteiger partial charge on any atom is 0.179 e. The molecule has 0 radical (unpaired) electrons. The number of hydrazone groups is 2. The molecule has 2 N–H and O–H groups in total. The summed E-state index contributed by atoms with van der Waals surface area (Å²) in [4.78, 5) is 0. The van der Waals surface area contributed by atoms with E-state index in [0.29, 0.717) is 10.9 Å². The van der Waals surface area contributed by atoms with Crippen LogP contribution < -0.4 is 10.9 Å². The lowest BCUT2D eigenvalue weighted by molar-refractivity contribution is 0.576. The van der Waals surface area contributed by atoms with Crippen molar-refractivity contribution in [3.63, 3.8) is 0 Å². The first-order valence-corrected chi connectivity index (χ1v) is 8.48. The second-order valence-electron chi connectivity index (χ2n) is 5.83. The summed E-state index contributed by atoms with van der Waals surface area (Å²) < 4.78 is 27.7. The van der Waals surface area contributed by atoms with Crippen LogP contribution in [0.2, 0.25) is 5.02 Å². The van der Waals surface area contributed by atoms with E-state index < -0.39 is 11.6 Å². The zero-order valence-electron chi connectivity index (χ0n) is 13.9. The fraction of sp³-hybridized carbons (Fsp3) is 0. The van der Waals surface area contributed by atoms with Crippen LogP contribution in [0.25, 0.3) is 11.1 Å². The van der Waals surface area contributed by atoms with Gasteiger partial charge in [-0.25, -0.2) is 8.78 Å². The Kier molecular flexibility index (Phi) is 4.56. The lowest BCUT2D eigenvalue weighted by Gasteiger charge is -2.16. The molecule has 0 saturated carbocycles. The minimum atomic E-state index is -0.714. The molecule has 0 atom stereocenters. The molecule has 7 heteroatoms. The van der Waals surface area contributed by atoms with Crippen LogP contribution in [0.1, 0.15) is 11.1 Å². The molecule has 4 nitrogen and oxygen atoms in total. The van der Waals surface area contributed by atoms with Crippen LogP contribution in [0.3, 0.4) is 0 Å².